The van der Waals surface area contributed by atoms with E-state index in [0.29, 0.717) is 13.2 Å². The van der Waals surface area contributed by atoms with Crippen molar-refractivity contribution >= 4 is 6.72 Å². The van der Waals surface area contributed by atoms with Gasteiger partial charge in [0.2, 0.25) is 0 Å². The van der Waals surface area contributed by atoms with Crippen LogP contribution in [0, 0.1) is 5.41 Å². The zero-order chi connectivity index (χ0) is 14.0. The average Bonchev–Trinajstić information content (AvgIpc) is 2.37. The molecule has 100 valence electrons. The van der Waals surface area contributed by atoms with E-state index < -0.39 is 5.92 Å². The van der Waals surface area contributed by atoms with E-state index in [0.717, 1.165) is 12.5 Å². The molecule has 0 saturated carbocycles. The molecule has 18 heavy (non-hydrogen) atoms. The summed E-state index contributed by atoms with van der Waals surface area (Å²) in [5.74, 6) is -2.77. The molecule has 3 nitrogen and oxygen atoms in total. The van der Waals surface area contributed by atoms with E-state index in [-0.39, 0.29) is 5.56 Å². The first-order valence-electron chi connectivity index (χ1n) is 5.41. The van der Waals surface area contributed by atoms with Crippen LogP contribution in [0.5, 0.6) is 0 Å². The molecule has 1 rings (SSSR count). The number of rotatable bonds is 6. The van der Waals surface area contributed by atoms with Crippen LogP contribution in [0.25, 0.3) is 0 Å². The Hall–Kier alpha value is -1.75. The van der Waals surface area contributed by atoms with Crippen LogP contribution in [0.1, 0.15) is 18.1 Å². The normalized spacial score (nSPS) is 10.2. The highest BCUT2D eigenvalue weighted by Gasteiger charge is 2.23. The van der Waals surface area contributed by atoms with E-state index >= 15 is 0 Å². The van der Waals surface area contributed by atoms with Gasteiger partial charge >= 0.3 is 0 Å². The first-order chi connectivity index (χ1) is 8.54. The van der Waals surface area contributed by atoms with Crippen LogP contribution in [0.4, 0.5) is 8.78 Å². The van der Waals surface area contributed by atoms with Crippen molar-refractivity contribution in [1.29, 1.82) is 5.41 Å². The molecule has 0 unspecified atom stereocenters. The number of halogens is 2. The van der Waals surface area contributed by atoms with Crippen molar-refractivity contribution in [3.05, 3.63) is 48.2 Å². The highest BCUT2D eigenvalue weighted by molar-refractivity contribution is 5.25. The molecule has 3 N–H and O–H groups in total. The number of hydrogen-bond acceptors (Lipinski definition) is 3. The number of nitrogens with one attached hydrogen (secondary N) is 3. The Labute approximate surface area is 106 Å². The van der Waals surface area contributed by atoms with Gasteiger partial charge in [-0.3, -0.25) is 5.32 Å². The van der Waals surface area contributed by atoms with E-state index in [1.54, 1.807) is 18.3 Å². The van der Waals surface area contributed by atoms with Crippen molar-refractivity contribution in [2.24, 2.45) is 0 Å². The van der Waals surface area contributed by atoms with Gasteiger partial charge in [-0.15, -0.1) is 0 Å². The Balaban J connectivity index is 0.00000137. The van der Waals surface area contributed by atoms with Gasteiger partial charge in [-0.2, -0.15) is 0 Å². The second-order valence-corrected chi connectivity index (χ2v) is 3.60. The average molecular weight is 255 g/mol. The Kier molecular flexibility index (Phi) is 7.54. The lowest BCUT2D eigenvalue weighted by molar-refractivity contribution is 0.0174. The Bertz CT molecular complexity index is 344. The highest BCUT2D eigenvalue weighted by atomic mass is 19.3. The van der Waals surface area contributed by atoms with Gasteiger partial charge in [0.05, 0.1) is 6.67 Å². The second kappa shape index (κ2) is 8.36. The molecule has 0 aromatic heterocycles. The molecule has 1 aromatic rings. The molecule has 0 heterocycles. The SMILES string of the molecule is C=CNCNCc1ccc(C(C)(F)F)cc1.C=N. The predicted octanol–water partition coefficient (Wildman–Crippen LogP) is 2.84. The number of hydrogen-bond donors (Lipinski definition) is 3. The van der Waals surface area contributed by atoms with Crippen LogP contribution in [0.2, 0.25) is 0 Å². The molecule has 0 radical (unpaired) electrons. The summed E-state index contributed by atoms with van der Waals surface area (Å²) in [6.07, 6.45) is 1.59. The van der Waals surface area contributed by atoms with Crippen molar-refractivity contribution in [2.45, 2.75) is 19.4 Å². The fourth-order valence-corrected chi connectivity index (χ4v) is 1.27. The van der Waals surface area contributed by atoms with E-state index in [9.17, 15) is 8.78 Å². The maximum Gasteiger partial charge on any atom is 0.270 e. The summed E-state index contributed by atoms with van der Waals surface area (Å²) in [5, 5.41) is 11.5. The fraction of sp³-hybridized carbons (Fsp3) is 0.308. The Morgan fingerprint density at radius 1 is 1.28 bits per heavy atom. The van der Waals surface area contributed by atoms with E-state index in [4.69, 9.17) is 5.41 Å². The van der Waals surface area contributed by atoms with Crippen LogP contribution in [-0.2, 0) is 12.5 Å². The summed E-state index contributed by atoms with van der Waals surface area (Å²) in [6.45, 7) is 8.15. The lowest BCUT2D eigenvalue weighted by atomic mass is 10.1. The molecule has 5 heteroatoms. The molecular weight excluding hydrogens is 236 g/mol. The van der Waals surface area contributed by atoms with Crippen LogP contribution in [0.3, 0.4) is 0 Å². The first-order valence-corrected chi connectivity index (χ1v) is 5.41. The van der Waals surface area contributed by atoms with Gasteiger partial charge in [0, 0.05) is 19.0 Å². The molecule has 1 aromatic carbocycles. The topological polar surface area (TPSA) is 47.9 Å². The minimum Gasteiger partial charge on any atom is -0.379 e. The van der Waals surface area contributed by atoms with Gasteiger partial charge < -0.3 is 10.7 Å². The summed E-state index contributed by atoms with van der Waals surface area (Å²) in [6, 6.07) is 6.32. The summed E-state index contributed by atoms with van der Waals surface area (Å²) < 4.78 is 25.8. The maximum atomic E-state index is 12.9. The number of alkyl halides is 2. The molecule has 0 aliphatic heterocycles. The van der Waals surface area contributed by atoms with Crippen molar-refractivity contribution in [3.8, 4) is 0 Å². The third kappa shape index (κ3) is 6.10. The molecule has 0 bridgehead atoms. The molecule has 0 fully saturated rings. The van der Waals surface area contributed by atoms with Gasteiger partial charge in [0.25, 0.3) is 5.92 Å². The van der Waals surface area contributed by atoms with Crippen molar-refractivity contribution in [3.63, 3.8) is 0 Å². The van der Waals surface area contributed by atoms with E-state index in [1.807, 2.05) is 0 Å². The maximum absolute atomic E-state index is 12.9. The zero-order valence-electron chi connectivity index (χ0n) is 10.5. The number of benzene rings is 1. The molecule has 0 aliphatic rings. The zero-order valence-corrected chi connectivity index (χ0v) is 10.5. The molecule has 0 saturated heterocycles. The summed E-state index contributed by atoms with van der Waals surface area (Å²) in [4.78, 5) is 0. The lowest BCUT2D eigenvalue weighted by Gasteiger charge is -2.11. The Morgan fingerprint density at radius 2 is 1.83 bits per heavy atom. The van der Waals surface area contributed by atoms with Crippen molar-refractivity contribution in [1.82, 2.24) is 10.6 Å². The summed E-state index contributed by atoms with van der Waals surface area (Å²) >= 11 is 0. The minimum atomic E-state index is -2.77. The fourth-order valence-electron chi connectivity index (χ4n) is 1.27. The van der Waals surface area contributed by atoms with Gasteiger partial charge in [-0.05, 0) is 18.5 Å². The van der Waals surface area contributed by atoms with Gasteiger partial charge in [-0.1, -0.05) is 30.8 Å². The van der Waals surface area contributed by atoms with E-state index in [1.165, 1.54) is 12.1 Å². The monoisotopic (exact) mass is 255 g/mol. The molecule has 0 atom stereocenters. The van der Waals surface area contributed by atoms with Crippen molar-refractivity contribution < 1.29 is 8.78 Å². The van der Waals surface area contributed by atoms with Gasteiger partial charge in [0.15, 0.2) is 0 Å². The van der Waals surface area contributed by atoms with Crippen molar-refractivity contribution in [2.75, 3.05) is 6.67 Å². The summed E-state index contributed by atoms with van der Waals surface area (Å²) in [5.41, 5.74) is 1.01. The third-order valence-electron chi connectivity index (χ3n) is 2.16. The van der Waals surface area contributed by atoms with E-state index in [2.05, 4.69) is 23.9 Å². The molecule has 0 amide bonds. The summed E-state index contributed by atoms with van der Waals surface area (Å²) in [7, 11) is 0. The largest absolute Gasteiger partial charge is 0.379 e. The molecule has 0 aliphatic carbocycles. The Morgan fingerprint density at radius 3 is 2.28 bits per heavy atom. The highest BCUT2D eigenvalue weighted by Crippen LogP contribution is 2.26. The van der Waals surface area contributed by atoms with Crippen LogP contribution in [0.15, 0.2) is 37.0 Å². The standard InChI is InChI=1S/C12H16F2N2.CH3N/c1-3-15-9-16-8-10-4-6-11(7-5-10)12(2,13)14;1-2/h3-7,15-16H,1,8-9H2,2H3;2H,1H2. The first kappa shape index (κ1) is 16.2. The van der Waals surface area contributed by atoms with Gasteiger partial charge in [-0.25, -0.2) is 8.78 Å². The van der Waals surface area contributed by atoms with Crippen LogP contribution in [-0.4, -0.2) is 13.4 Å². The minimum absolute atomic E-state index is 0.0421. The lowest BCUT2D eigenvalue weighted by Crippen LogP contribution is -2.24. The van der Waals surface area contributed by atoms with Crippen LogP contribution < -0.4 is 10.6 Å². The smallest absolute Gasteiger partial charge is 0.270 e. The molecular formula is C13H19F2N3. The second-order valence-electron chi connectivity index (χ2n) is 3.60. The third-order valence-corrected chi connectivity index (χ3v) is 2.16. The van der Waals surface area contributed by atoms with Crippen LogP contribution >= 0.6 is 0 Å². The predicted molar refractivity (Wildman–Crippen MR) is 70.9 cm³/mol. The quantitative estimate of drug-likeness (QED) is 0.416. The molecule has 0 spiro atoms. The van der Waals surface area contributed by atoms with Gasteiger partial charge in [0.1, 0.15) is 0 Å².